The van der Waals surface area contributed by atoms with Gasteiger partial charge in [0.1, 0.15) is 5.25 Å². The summed E-state index contributed by atoms with van der Waals surface area (Å²) in [5.41, 5.74) is 0. The van der Waals surface area contributed by atoms with Crippen LogP contribution in [-0.2, 0) is 9.59 Å². The summed E-state index contributed by atoms with van der Waals surface area (Å²) in [4.78, 5) is 22.5. The number of nitrogens with one attached hydrogen (secondary N) is 1. The van der Waals surface area contributed by atoms with Gasteiger partial charge in [0.05, 0.1) is 5.75 Å². The largest absolute Gasteiger partial charge is 0.480 e. The lowest BCUT2D eigenvalue weighted by Gasteiger charge is -2.19. The van der Waals surface area contributed by atoms with Gasteiger partial charge in [0, 0.05) is 6.04 Å². The zero-order valence-electron chi connectivity index (χ0n) is 11.2. The summed E-state index contributed by atoms with van der Waals surface area (Å²) in [6.07, 6.45) is 0. The fourth-order valence-corrected chi connectivity index (χ4v) is 2.12. The summed E-state index contributed by atoms with van der Waals surface area (Å²) in [5.74, 6) is -0.346. The molecule has 5 heteroatoms. The monoisotopic (exact) mass is 261 g/mol. The molecule has 0 aromatic rings. The second-order valence-electron chi connectivity index (χ2n) is 4.91. The molecule has 0 heterocycles. The highest BCUT2D eigenvalue weighted by Crippen LogP contribution is 2.19. The van der Waals surface area contributed by atoms with Crippen LogP contribution in [0.3, 0.4) is 0 Å². The van der Waals surface area contributed by atoms with Crippen molar-refractivity contribution in [3.63, 3.8) is 0 Å². The average molecular weight is 261 g/mol. The van der Waals surface area contributed by atoms with Crippen LogP contribution < -0.4 is 5.32 Å². The van der Waals surface area contributed by atoms with E-state index in [1.54, 1.807) is 0 Å². The van der Waals surface area contributed by atoms with Crippen LogP contribution in [0.2, 0.25) is 0 Å². The predicted octanol–water partition coefficient (Wildman–Crippen LogP) is 1.99. The molecule has 0 saturated carbocycles. The maximum atomic E-state index is 11.6. The molecule has 1 amide bonds. The summed E-state index contributed by atoms with van der Waals surface area (Å²) in [7, 11) is 0. The fourth-order valence-electron chi connectivity index (χ4n) is 1.18. The van der Waals surface area contributed by atoms with Gasteiger partial charge in [-0.25, -0.2) is 0 Å². The van der Waals surface area contributed by atoms with Crippen LogP contribution in [0, 0.1) is 11.8 Å². The molecule has 0 fully saturated rings. The Morgan fingerprint density at radius 1 is 1.12 bits per heavy atom. The van der Waals surface area contributed by atoms with Gasteiger partial charge in [0.2, 0.25) is 5.91 Å². The highest BCUT2D eigenvalue weighted by molar-refractivity contribution is 8.01. The van der Waals surface area contributed by atoms with E-state index in [9.17, 15) is 9.59 Å². The van der Waals surface area contributed by atoms with Gasteiger partial charge in [-0.15, -0.1) is 11.8 Å². The number of rotatable bonds is 7. The number of carbonyl (C=O) groups excluding carboxylic acids is 1. The molecular formula is C12H23NO3S. The fraction of sp³-hybridized carbons (Fsp3) is 0.833. The predicted molar refractivity (Wildman–Crippen MR) is 71.2 cm³/mol. The third-order valence-corrected chi connectivity index (χ3v) is 4.17. The standard InChI is InChI=1S/C12H23NO3S/c1-7(2)9(5)13-10(14)6-17-11(8(3)4)12(15)16/h7-9,11H,6H2,1-5H3,(H,13,14)(H,15,16). The molecule has 2 N–H and O–H groups in total. The van der Waals surface area contributed by atoms with E-state index in [4.69, 9.17) is 5.11 Å². The molecule has 2 atom stereocenters. The van der Waals surface area contributed by atoms with E-state index in [2.05, 4.69) is 5.32 Å². The van der Waals surface area contributed by atoms with Crippen molar-refractivity contribution in [2.24, 2.45) is 11.8 Å². The van der Waals surface area contributed by atoms with Crippen molar-refractivity contribution in [1.82, 2.24) is 5.32 Å². The van der Waals surface area contributed by atoms with Crippen LogP contribution in [0.4, 0.5) is 0 Å². The smallest absolute Gasteiger partial charge is 0.316 e. The molecule has 4 nitrogen and oxygen atoms in total. The van der Waals surface area contributed by atoms with Gasteiger partial charge in [-0.3, -0.25) is 9.59 Å². The SMILES string of the molecule is CC(C)C(C)NC(=O)CSC(C(=O)O)C(C)C. The molecule has 0 bridgehead atoms. The van der Waals surface area contributed by atoms with Crippen LogP contribution in [0.25, 0.3) is 0 Å². The second-order valence-corrected chi connectivity index (χ2v) is 6.04. The van der Waals surface area contributed by atoms with Gasteiger partial charge in [0.15, 0.2) is 0 Å². The molecule has 0 aromatic carbocycles. The number of aliphatic carboxylic acids is 1. The Kier molecular flexibility index (Phi) is 7.27. The summed E-state index contributed by atoms with van der Waals surface area (Å²) >= 11 is 1.19. The average Bonchev–Trinajstić information content (AvgIpc) is 2.16. The first kappa shape index (κ1) is 16.3. The third-order valence-electron chi connectivity index (χ3n) is 2.63. The summed E-state index contributed by atoms with van der Waals surface area (Å²) in [6.45, 7) is 9.71. The van der Waals surface area contributed by atoms with Gasteiger partial charge in [-0.05, 0) is 18.8 Å². The van der Waals surface area contributed by atoms with E-state index in [0.717, 1.165) is 0 Å². The van der Waals surface area contributed by atoms with Gasteiger partial charge in [-0.2, -0.15) is 0 Å². The van der Waals surface area contributed by atoms with Crippen LogP contribution in [0.1, 0.15) is 34.6 Å². The van der Waals surface area contributed by atoms with Crippen molar-refractivity contribution < 1.29 is 14.7 Å². The molecule has 0 saturated heterocycles. The molecule has 2 unspecified atom stereocenters. The van der Waals surface area contributed by atoms with E-state index < -0.39 is 11.2 Å². The van der Waals surface area contributed by atoms with Crippen molar-refractivity contribution in [2.75, 3.05) is 5.75 Å². The normalized spacial score (nSPS) is 14.8. The highest BCUT2D eigenvalue weighted by Gasteiger charge is 2.23. The molecule has 0 aliphatic rings. The Hall–Kier alpha value is -0.710. The Morgan fingerprint density at radius 3 is 2.00 bits per heavy atom. The molecule has 0 aliphatic heterocycles. The Labute approximate surface area is 108 Å². The number of carbonyl (C=O) groups is 2. The van der Waals surface area contributed by atoms with Crippen LogP contribution in [0.5, 0.6) is 0 Å². The number of amides is 1. The Balaban J connectivity index is 4.10. The number of thioether (sulfide) groups is 1. The maximum Gasteiger partial charge on any atom is 0.316 e. The quantitative estimate of drug-likeness (QED) is 0.735. The first-order valence-electron chi connectivity index (χ1n) is 5.89. The van der Waals surface area contributed by atoms with Crippen molar-refractivity contribution >= 4 is 23.6 Å². The molecule has 17 heavy (non-hydrogen) atoms. The Bertz CT molecular complexity index is 266. The van der Waals surface area contributed by atoms with Crippen molar-refractivity contribution in [3.05, 3.63) is 0 Å². The lowest BCUT2D eigenvalue weighted by molar-refractivity contribution is -0.137. The number of carboxylic acid groups (broad SMARTS) is 1. The maximum absolute atomic E-state index is 11.6. The van der Waals surface area contributed by atoms with E-state index in [0.29, 0.717) is 5.92 Å². The molecule has 0 radical (unpaired) electrons. The Morgan fingerprint density at radius 2 is 1.65 bits per heavy atom. The van der Waals surface area contributed by atoms with E-state index in [-0.39, 0.29) is 23.6 Å². The lowest BCUT2D eigenvalue weighted by Crippen LogP contribution is -2.38. The minimum Gasteiger partial charge on any atom is -0.480 e. The van der Waals surface area contributed by atoms with Crippen LogP contribution in [0.15, 0.2) is 0 Å². The zero-order valence-corrected chi connectivity index (χ0v) is 12.0. The highest BCUT2D eigenvalue weighted by atomic mass is 32.2. The van der Waals surface area contributed by atoms with E-state index >= 15 is 0 Å². The minimum absolute atomic E-state index is 0.0211. The number of hydrogen-bond acceptors (Lipinski definition) is 3. The van der Waals surface area contributed by atoms with Crippen LogP contribution in [-0.4, -0.2) is 34.0 Å². The summed E-state index contributed by atoms with van der Waals surface area (Å²) in [6, 6.07) is 0.116. The van der Waals surface area contributed by atoms with Gasteiger partial charge < -0.3 is 10.4 Å². The molecule has 0 spiro atoms. The van der Waals surface area contributed by atoms with E-state index in [1.807, 2.05) is 34.6 Å². The molecule has 0 rings (SSSR count). The van der Waals surface area contributed by atoms with Gasteiger partial charge >= 0.3 is 5.97 Å². The van der Waals surface area contributed by atoms with Crippen molar-refractivity contribution in [2.45, 2.75) is 45.9 Å². The van der Waals surface area contributed by atoms with Crippen LogP contribution >= 0.6 is 11.8 Å². The molecular weight excluding hydrogens is 238 g/mol. The molecule has 100 valence electrons. The molecule has 0 aliphatic carbocycles. The lowest BCUT2D eigenvalue weighted by atomic mass is 10.1. The molecule has 0 aromatic heterocycles. The minimum atomic E-state index is -0.852. The first-order chi connectivity index (χ1) is 7.75. The zero-order chi connectivity index (χ0) is 13.6. The second kappa shape index (κ2) is 7.58. The number of hydrogen-bond donors (Lipinski definition) is 2. The first-order valence-corrected chi connectivity index (χ1v) is 6.94. The summed E-state index contributed by atoms with van der Waals surface area (Å²) in [5, 5.41) is 11.3. The van der Waals surface area contributed by atoms with E-state index in [1.165, 1.54) is 11.8 Å². The van der Waals surface area contributed by atoms with Gasteiger partial charge in [0.25, 0.3) is 0 Å². The summed E-state index contributed by atoms with van der Waals surface area (Å²) < 4.78 is 0. The van der Waals surface area contributed by atoms with Crippen molar-refractivity contribution in [1.29, 1.82) is 0 Å². The van der Waals surface area contributed by atoms with Gasteiger partial charge in [-0.1, -0.05) is 27.7 Å². The third kappa shape index (κ3) is 6.56. The number of carboxylic acids is 1. The van der Waals surface area contributed by atoms with Crippen molar-refractivity contribution in [3.8, 4) is 0 Å². The topological polar surface area (TPSA) is 66.4 Å².